The van der Waals surface area contributed by atoms with Crippen LogP contribution in [0.25, 0.3) is 0 Å². The lowest BCUT2D eigenvalue weighted by Gasteiger charge is -2.32. The van der Waals surface area contributed by atoms with Gasteiger partial charge in [0, 0.05) is 29.1 Å². The zero-order valence-corrected chi connectivity index (χ0v) is 11.8. The van der Waals surface area contributed by atoms with Crippen LogP contribution in [0.4, 0.5) is 0 Å². The van der Waals surface area contributed by atoms with E-state index in [0.29, 0.717) is 15.8 Å². The van der Waals surface area contributed by atoms with Crippen molar-refractivity contribution in [3.05, 3.63) is 28.8 Å². The number of phenolic OH excluding ortho intramolecular Hbond substituents is 1. The van der Waals surface area contributed by atoms with Crippen LogP contribution >= 0.6 is 23.4 Å². The monoisotopic (exact) mass is 285 g/mol. The van der Waals surface area contributed by atoms with Crippen molar-refractivity contribution in [1.82, 2.24) is 4.90 Å². The third kappa shape index (κ3) is 2.93. The van der Waals surface area contributed by atoms with Crippen molar-refractivity contribution in [3.63, 3.8) is 0 Å². The molecular weight excluding hydrogens is 270 g/mol. The molecule has 18 heavy (non-hydrogen) atoms. The van der Waals surface area contributed by atoms with Crippen molar-refractivity contribution < 1.29 is 9.90 Å². The van der Waals surface area contributed by atoms with Crippen molar-refractivity contribution >= 4 is 29.3 Å². The Bertz CT molecular complexity index is 453. The van der Waals surface area contributed by atoms with Crippen molar-refractivity contribution in [2.24, 2.45) is 0 Å². The van der Waals surface area contributed by atoms with E-state index < -0.39 is 0 Å². The highest BCUT2D eigenvalue weighted by atomic mass is 35.5. The minimum atomic E-state index is -0.131. The molecule has 1 unspecified atom stereocenters. The highest BCUT2D eigenvalue weighted by Gasteiger charge is 2.25. The van der Waals surface area contributed by atoms with Gasteiger partial charge in [-0.2, -0.15) is 11.8 Å². The number of carbonyl (C=O) groups excluding carboxylic acids is 1. The minimum Gasteiger partial charge on any atom is -0.507 e. The van der Waals surface area contributed by atoms with Gasteiger partial charge in [-0.25, -0.2) is 0 Å². The maximum atomic E-state index is 12.3. The number of phenols is 1. The predicted molar refractivity (Wildman–Crippen MR) is 75.6 cm³/mol. The van der Waals surface area contributed by atoms with Crippen molar-refractivity contribution in [2.75, 3.05) is 18.8 Å². The zero-order chi connectivity index (χ0) is 13.1. The highest BCUT2D eigenvalue weighted by Crippen LogP contribution is 2.26. The van der Waals surface area contributed by atoms with Crippen LogP contribution < -0.4 is 0 Å². The van der Waals surface area contributed by atoms with Gasteiger partial charge in [0.2, 0.25) is 0 Å². The lowest BCUT2D eigenvalue weighted by Crippen LogP contribution is -2.41. The van der Waals surface area contributed by atoms with Gasteiger partial charge in [-0.1, -0.05) is 18.5 Å². The number of amides is 1. The van der Waals surface area contributed by atoms with Gasteiger partial charge in [0.1, 0.15) is 5.75 Å². The number of aromatic hydroxyl groups is 1. The summed E-state index contributed by atoms with van der Waals surface area (Å²) in [7, 11) is 0. The summed E-state index contributed by atoms with van der Waals surface area (Å²) in [6.45, 7) is 3.60. The number of carbonyl (C=O) groups is 1. The molecule has 1 amide bonds. The molecule has 2 rings (SSSR count). The fourth-order valence-electron chi connectivity index (χ4n) is 2.00. The summed E-state index contributed by atoms with van der Waals surface area (Å²) in [4.78, 5) is 14.1. The van der Waals surface area contributed by atoms with Gasteiger partial charge in [0.05, 0.1) is 5.56 Å². The second kappa shape index (κ2) is 5.85. The number of halogens is 1. The van der Waals surface area contributed by atoms with Crippen LogP contribution in [-0.4, -0.2) is 40.0 Å². The lowest BCUT2D eigenvalue weighted by molar-refractivity contribution is 0.0758. The first-order chi connectivity index (χ1) is 8.61. The maximum Gasteiger partial charge on any atom is 0.257 e. The minimum absolute atomic E-state index is 0.00400. The summed E-state index contributed by atoms with van der Waals surface area (Å²) in [5, 5.41) is 10.7. The smallest absolute Gasteiger partial charge is 0.257 e. The van der Waals surface area contributed by atoms with E-state index in [1.807, 2.05) is 11.8 Å². The van der Waals surface area contributed by atoms with Crippen LogP contribution in [0, 0.1) is 0 Å². The molecule has 0 saturated carbocycles. The third-order valence-electron chi connectivity index (χ3n) is 3.07. The van der Waals surface area contributed by atoms with Crippen molar-refractivity contribution in [2.45, 2.75) is 18.6 Å². The average Bonchev–Trinajstić information content (AvgIpc) is 2.41. The number of benzene rings is 1. The molecule has 0 aromatic heterocycles. The van der Waals surface area contributed by atoms with E-state index in [-0.39, 0.29) is 11.7 Å². The average molecular weight is 286 g/mol. The molecule has 0 radical (unpaired) electrons. The molecule has 0 bridgehead atoms. The number of rotatable bonds is 2. The molecule has 5 heteroatoms. The Labute approximate surface area is 116 Å². The molecule has 3 nitrogen and oxygen atoms in total. The van der Waals surface area contributed by atoms with Crippen LogP contribution in [0.15, 0.2) is 18.2 Å². The fraction of sp³-hybridized carbons (Fsp3) is 0.462. The Morgan fingerprint density at radius 1 is 1.61 bits per heavy atom. The van der Waals surface area contributed by atoms with Gasteiger partial charge in [-0.05, 0) is 24.6 Å². The van der Waals surface area contributed by atoms with Crippen LogP contribution in [0.1, 0.15) is 23.7 Å². The number of hydrogen-bond acceptors (Lipinski definition) is 3. The van der Waals surface area contributed by atoms with Crippen LogP contribution in [-0.2, 0) is 0 Å². The van der Waals surface area contributed by atoms with Crippen LogP contribution in [0.5, 0.6) is 5.75 Å². The molecule has 1 saturated heterocycles. The van der Waals surface area contributed by atoms with Gasteiger partial charge in [0.25, 0.3) is 5.91 Å². The second-order valence-corrected chi connectivity index (χ2v) is 6.16. The molecule has 1 aromatic carbocycles. The summed E-state index contributed by atoms with van der Waals surface area (Å²) in [6, 6.07) is 4.57. The Morgan fingerprint density at radius 2 is 2.39 bits per heavy atom. The standard InChI is InChI=1S/C13H16ClNO2S/c1-2-10-8-15(5-6-18-10)13(17)11-7-9(14)3-4-12(11)16/h3-4,7,10,16H,2,5-6,8H2,1H3. The Balaban J connectivity index is 2.17. The topological polar surface area (TPSA) is 40.5 Å². The van der Waals surface area contributed by atoms with E-state index >= 15 is 0 Å². The summed E-state index contributed by atoms with van der Waals surface area (Å²) in [5.41, 5.74) is 0.296. The molecule has 1 aromatic rings. The van der Waals surface area contributed by atoms with Crippen LogP contribution in [0.2, 0.25) is 5.02 Å². The van der Waals surface area contributed by atoms with E-state index in [0.717, 1.165) is 25.3 Å². The first-order valence-electron chi connectivity index (χ1n) is 6.01. The molecule has 1 fully saturated rings. The van der Waals surface area contributed by atoms with E-state index in [1.165, 1.54) is 12.1 Å². The molecule has 0 aliphatic carbocycles. The number of thioether (sulfide) groups is 1. The number of hydrogen-bond donors (Lipinski definition) is 1. The zero-order valence-electron chi connectivity index (χ0n) is 10.2. The molecular formula is C13H16ClNO2S. The summed E-state index contributed by atoms with van der Waals surface area (Å²) in [5.74, 6) is 0.815. The van der Waals surface area contributed by atoms with E-state index in [9.17, 15) is 9.90 Å². The van der Waals surface area contributed by atoms with E-state index in [1.54, 1.807) is 11.0 Å². The van der Waals surface area contributed by atoms with E-state index in [2.05, 4.69) is 6.92 Å². The molecule has 1 aliphatic rings. The molecule has 1 aliphatic heterocycles. The Hall–Kier alpha value is -0.870. The van der Waals surface area contributed by atoms with Crippen LogP contribution in [0.3, 0.4) is 0 Å². The van der Waals surface area contributed by atoms with Gasteiger partial charge in [-0.15, -0.1) is 0 Å². The fourth-order valence-corrected chi connectivity index (χ4v) is 3.35. The summed E-state index contributed by atoms with van der Waals surface area (Å²) >= 11 is 7.77. The third-order valence-corrected chi connectivity index (χ3v) is 4.68. The first kappa shape index (κ1) is 13.6. The molecule has 98 valence electrons. The predicted octanol–water partition coefficient (Wildman–Crippen LogP) is 3.01. The van der Waals surface area contributed by atoms with Crippen molar-refractivity contribution in [1.29, 1.82) is 0 Å². The van der Waals surface area contributed by atoms with Gasteiger partial charge >= 0.3 is 0 Å². The molecule has 1 N–H and O–H groups in total. The second-order valence-electron chi connectivity index (χ2n) is 4.31. The summed E-state index contributed by atoms with van der Waals surface area (Å²) < 4.78 is 0. The normalized spacial score (nSPS) is 19.9. The first-order valence-corrected chi connectivity index (χ1v) is 7.44. The Morgan fingerprint density at radius 3 is 3.11 bits per heavy atom. The molecule has 0 spiro atoms. The van der Waals surface area contributed by atoms with Gasteiger partial charge in [-0.3, -0.25) is 4.79 Å². The van der Waals surface area contributed by atoms with Crippen molar-refractivity contribution in [3.8, 4) is 5.75 Å². The Kier molecular flexibility index (Phi) is 4.40. The number of nitrogens with zero attached hydrogens (tertiary/aromatic N) is 1. The largest absolute Gasteiger partial charge is 0.507 e. The van der Waals surface area contributed by atoms with E-state index in [4.69, 9.17) is 11.6 Å². The quantitative estimate of drug-likeness (QED) is 0.908. The molecule has 1 heterocycles. The SMILES string of the molecule is CCC1CN(C(=O)c2cc(Cl)ccc2O)CCS1. The van der Waals surface area contributed by atoms with Gasteiger partial charge < -0.3 is 10.0 Å². The van der Waals surface area contributed by atoms with Gasteiger partial charge in [0.15, 0.2) is 0 Å². The molecule has 1 atom stereocenters. The maximum absolute atomic E-state index is 12.3. The lowest BCUT2D eigenvalue weighted by atomic mass is 10.1. The summed E-state index contributed by atoms with van der Waals surface area (Å²) in [6.07, 6.45) is 1.05. The highest BCUT2D eigenvalue weighted by molar-refractivity contribution is 8.00.